The molecule has 412 valence electrons. The van der Waals surface area contributed by atoms with Crippen LogP contribution in [0.1, 0.15) is 202 Å². The van der Waals surface area contributed by atoms with E-state index >= 15 is 9.59 Å². The van der Waals surface area contributed by atoms with Crippen LogP contribution in [0.2, 0.25) is 0 Å². The molecule has 10 bridgehead atoms. The van der Waals surface area contributed by atoms with Crippen molar-refractivity contribution >= 4 is 11.9 Å². The molecule has 0 radical (unpaired) electrons. The quantitative estimate of drug-likeness (QED) is 0.175. The lowest BCUT2D eigenvalue weighted by Gasteiger charge is -2.73. The lowest BCUT2D eigenvalue weighted by atomic mass is 9.27. The fourth-order valence-corrected chi connectivity index (χ4v) is 26.6. The Balaban J connectivity index is 0.914. The predicted molar refractivity (Wildman–Crippen MR) is 299 cm³/mol. The van der Waals surface area contributed by atoms with Gasteiger partial charge in [0.15, 0.2) is 11.4 Å². The molecule has 8 heteroatoms. The van der Waals surface area contributed by atoms with Crippen molar-refractivity contribution in [1.29, 1.82) is 0 Å². The number of allylic oxidation sites excluding steroid dienone is 4. The number of nitrogens with two attached hydrogens (primary N) is 1. The number of carbonyl (C=O) groups excluding carboxylic acids is 2. The SMILES string of the molecule is CC1CC2=C3C4C5=C6C(C=CC(C7CCCC7)CC7C68C(=O)OC(=C(O)CC6C9CC%10(CCCC%10)C%10(CCCC%10%11CCCC%11C#CCC%10C%11CC(CN%106)C(CC2)N3C%11)C9)C8(CC5)C72OC(=O)c3c(CCCN)cccc32)CC14. The Hall–Kier alpha value is -3.80. The number of aliphatic hydroxyl groups is 1. The topological polar surface area (TPSA) is 105 Å². The molecule has 18 atom stereocenters. The van der Waals surface area contributed by atoms with Crippen LogP contribution in [-0.4, -0.2) is 64.6 Å². The standard InChI is InChI=1S/C70H87N3O5/c1-40-31-45-21-22-54-46-32-47-39-73(54)61(45)59-50-23-29-68-62(56(74)35-55-48-36-65(24-4-5-25-65)67(37-48)28-10-27-66(67)26-8-16-49(66)15-7-18-53(47)72(55)38-46)77-64(76)69(68)57(70(68)52-17-6-13-42(14-9-30-71)58(52)63(75)78-70)34-43(41-11-2-3-12-41)19-20-44(60(50)69)33-51(40)59/h6,13,17,19-20,40-41,43-44,46-49,51,53-55,57,59,74H,2-5,8-12,14,16,18,21-39,71H2,1H3. The van der Waals surface area contributed by atoms with Crippen LogP contribution >= 0.6 is 0 Å². The van der Waals surface area contributed by atoms with Crippen molar-refractivity contribution in [2.45, 2.75) is 210 Å². The Morgan fingerprint density at radius 1 is 0.821 bits per heavy atom. The number of aryl methyl sites for hydroxylation is 1. The van der Waals surface area contributed by atoms with Crippen LogP contribution in [0.15, 0.2) is 64.3 Å². The van der Waals surface area contributed by atoms with Gasteiger partial charge in [0, 0.05) is 73.1 Å². The smallest absolute Gasteiger partial charge is 0.339 e. The third kappa shape index (κ3) is 5.41. The van der Waals surface area contributed by atoms with Crippen molar-refractivity contribution in [1.82, 2.24) is 9.80 Å². The largest absolute Gasteiger partial charge is 0.509 e. The van der Waals surface area contributed by atoms with Crippen molar-refractivity contribution in [2.75, 3.05) is 19.6 Å². The number of hydrogen-bond acceptors (Lipinski definition) is 8. The number of rotatable bonds is 4. The first-order valence-electron chi connectivity index (χ1n) is 33.0. The molecule has 8 nitrogen and oxygen atoms in total. The maximum atomic E-state index is 16.8. The van der Waals surface area contributed by atoms with E-state index in [0.717, 1.165) is 56.3 Å². The number of esters is 2. The summed E-state index contributed by atoms with van der Waals surface area (Å²) in [5, 5.41) is 14.3. The second kappa shape index (κ2) is 16.3. The van der Waals surface area contributed by atoms with Gasteiger partial charge in [0.25, 0.3) is 0 Å². The third-order valence-electron chi connectivity index (χ3n) is 28.7. The van der Waals surface area contributed by atoms with Crippen LogP contribution in [0, 0.1) is 104 Å². The zero-order valence-corrected chi connectivity index (χ0v) is 46.9. The van der Waals surface area contributed by atoms with Crippen LogP contribution in [0.3, 0.4) is 0 Å². The number of nitrogens with zero attached hydrogens (tertiary/aromatic N) is 2. The van der Waals surface area contributed by atoms with Gasteiger partial charge in [-0.3, -0.25) is 9.69 Å². The molecular formula is C70H87N3O5. The molecule has 78 heavy (non-hydrogen) atoms. The van der Waals surface area contributed by atoms with E-state index in [4.69, 9.17) is 15.2 Å². The van der Waals surface area contributed by atoms with Crippen LogP contribution in [0.5, 0.6) is 0 Å². The van der Waals surface area contributed by atoms with Crippen molar-refractivity contribution in [3.63, 3.8) is 0 Å². The molecule has 0 amide bonds. The number of aliphatic hydroxyl groups excluding tert-OH is 1. The summed E-state index contributed by atoms with van der Waals surface area (Å²) in [6, 6.07) is 7.43. The number of ether oxygens (including phenoxy) is 2. The number of fused-ring (bicyclic) bond motifs is 8. The average Bonchev–Trinajstić information content (AvgIpc) is 3.52. The van der Waals surface area contributed by atoms with E-state index in [9.17, 15) is 5.11 Å². The van der Waals surface area contributed by atoms with Gasteiger partial charge >= 0.3 is 11.9 Å². The number of benzene rings is 1. The highest BCUT2D eigenvalue weighted by Crippen LogP contribution is 2.89. The molecule has 3 saturated heterocycles. The maximum absolute atomic E-state index is 16.8. The summed E-state index contributed by atoms with van der Waals surface area (Å²) in [4.78, 5) is 38.4. The maximum Gasteiger partial charge on any atom is 0.339 e. The van der Waals surface area contributed by atoms with Crippen LogP contribution in [0.4, 0.5) is 0 Å². The minimum Gasteiger partial charge on any atom is -0.509 e. The van der Waals surface area contributed by atoms with Crippen molar-refractivity contribution in [3.8, 4) is 11.8 Å². The summed E-state index contributed by atoms with van der Waals surface area (Å²) in [6.07, 6.45) is 37.2. The zero-order valence-electron chi connectivity index (χ0n) is 46.9. The molecule has 3 N–H and O–H groups in total. The molecule has 10 aliphatic carbocycles. The summed E-state index contributed by atoms with van der Waals surface area (Å²) in [5.41, 5.74) is 12.8. The first-order chi connectivity index (χ1) is 38.1. The highest BCUT2D eigenvalue weighted by atomic mass is 16.6. The van der Waals surface area contributed by atoms with Gasteiger partial charge in [-0.2, -0.15) is 0 Å². The molecule has 18 unspecified atom stereocenters. The molecule has 17 aliphatic rings. The molecule has 6 spiro atoms. The molecule has 9 fully saturated rings. The molecule has 7 aliphatic heterocycles. The number of carbonyl (C=O) groups is 2. The summed E-state index contributed by atoms with van der Waals surface area (Å²) >= 11 is 0. The van der Waals surface area contributed by atoms with E-state index in [2.05, 4.69) is 58.9 Å². The summed E-state index contributed by atoms with van der Waals surface area (Å²) < 4.78 is 14.9. The monoisotopic (exact) mass is 1050 g/mol. The first-order valence-corrected chi connectivity index (χ1v) is 33.0. The lowest BCUT2D eigenvalue weighted by molar-refractivity contribution is -0.282. The molecule has 7 heterocycles. The number of hydrogen-bond donors (Lipinski definition) is 2. The zero-order chi connectivity index (χ0) is 51.9. The summed E-state index contributed by atoms with van der Waals surface area (Å²) in [7, 11) is 0. The highest BCUT2D eigenvalue weighted by molar-refractivity contribution is 6.00. The molecule has 1 aromatic carbocycles. The van der Waals surface area contributed by atoms with Crippen LogP contribution in [-0.2, 0) is 26.3 Å². The molecule has 6 saturated carbocycles. The van der Waals surface area contributed by atoms with E-state index in [1.54, 1.807) is 16.8 Å². The molecular weight excluding hydrogens is 963 g/mol. The second-order valence-corrected chi connectivity index (χ2v) is 30.5. The molecule has 18 rings (SSSR count). The molecule has 1 aromatic rings. The van der Waals surface area contributed by atoms with Gasteiger partial charge in [0.2, 0.25) is 0 Å². The van der Waals surface area contributed by atoms with Gasteiger partial charge in [-0.15, -0.1) is 5.92 Å². The van der Waals surface area contributed by atoms with Gasteiger partial charge in [0.05, 0.1) is 11.0 Å². The Morgan fingerprint density at radius 3 is 2.55 bits per heavy atom. The fraction of sp³-hybridized carbons (Fsp3) is 0.743. The second-order valence-electron chi connectivity index (χ2n) is 30.5. The highest BCUT2D eigenvalue weighted by Gasteiger charge is 2.94. The fourth-order valence-electron chi connectivity index (χ4n) is 26.6. The van der Waals surface area contributed by atoms with E-state index < -0.39 is 16.4 Å². The van der Waals surface area contributed by atoms with Gasteiger partial charge in [-0.25, -0.2) is 4.79 Å². The van der Waals surface area contributed by atoms with E-state index in [0.29, 0.717) is 107 Å². The normalized spacial score (nSPS) is 48.3. The van der Waals surface area contributed by atoms with E-state index in [1.807, 2.05) is 0 Å². The van der Waals surface area contributed by atoms with Gasteiger partial charge in [-0.1, -0.05) is 92.9 Å². The first kappa shape index (κ1) is 47.8. The van der Waals surface area contributed by atoms with Gasteiger partial charge < -0.3 is 25.2 Å². The minimum atomic E-state index is -1.16. The van der Waals surface area contributed by atoms with Crippen LogP contribution < -0.4 is 5.73 Å². The van der Waals surface area contributed by atoms with E-state index in [-0.39, 0.29) is 47.1 Å². The van der Waals surface area contributed by atoms with Crippen molar-refractivity contribution < 1.29 is 24.2 Å². The molecule has 0 aromatic heterocycles. The number of piperidine rings is 2. The summed E-state index contributed by atoms with van der Waals surface area (Å²) in [6.45, 7) is 5.31. The Morgan fingerprint density at radius 2 is 1.68 bits per heavy atom. The van der Waals surface area contributed by atoms with Gasteiger partial charge in [-0.05, 0) is 210 Å². The summed E-state index contributed by atoms with van der Waals surface area (Å²) in [5.74, 6) is 12.7. The Labute approximate surface area is 464 Å². The van der Waals surface area contributed by atoms with Crippen molar-refractivity contribution in [3.05, 3.63) is 81.0 Å². The average molecular weight is 1050 g/mol. The van der Waals surface area contributed by atoms with E-state index in [1.165, 1.54) is 134 Å². The van der Waals surface area contributed by atoms with Crippen LogP contribution in [0.25, 0.3) is 0 Å². The lowest BCUT2D eigenvalue weighted by Crippen LogP contribution is -2.78. The van der Waals surface area contributed by atoms with Gasteiger partial charge in [0.1, 0.15) is 11.2 Å². The predicted octanol–water partition coefficient (Wildman–Crippen LogP) is 13.2. The van der Waals surface area contributed by atoms with Crippen molar-refractivity contribution in [2.24, 2.45) is 97.9 Å². The minimum absolute atomic E-state index is 0.0934. The third-order valence-corrected chi connectivity index (χ3v) is 28.7. The Bertz CT molecular complexity index is 3030. The Kier molecular flexibility index (Phi) is 9.96.